The van der Waals surface area contributed by atoms with Gasteiger partial charge in [-0.2, -0.15) is 18.3 Å². The molecular weight excluding hydrogens is 207 g/mol. The lowest BCUT2D eigenvalue weighted by Crippen LogP contribution is -2.11. The molecule has 3 nitrogen and oxygen atoms in total. The fraction of sp³-hybridized carbons (Fsp3) is 0.500. The normalized spacial score (nSPS) is 11.2. The second kappa shape index (κ2) is 3.97. The van der Waals surface area contributed by atoms with Gasteiger partial charge in [0.25, 0.3) is 0 Å². The van der Waals surface area contributed by atoms with Gasteiger partial charge in [-0.15, -0.1) is 12.4 Å². The van der Waals surface area contributed by atoms with Crippen molar-refractivity contribution in [2.45, 2.75) is 12.7 Å². The zero-order valence-electron chi connectivity index (χ0n) is 6.80. The molecule has 0 unspecified atom stereocenters. The van der Waals surface area contributed by atoms with Crippen LogP contribution in [0.25, 0.3) is 0 Å². The van der Waals surface area contributed by atoms with Crippen LogP contribution in [0, 0.1) is 0 Å². The summed E-state index contributed by atoms with van der Waals surface area (Å²) in [5.74, 6) is 0. The van der Waals surface area contributed by atoms with Crippen molar-refractivity contribution in [2.24, 2.45) is 12.8 Å². The monoisotopic (exact) mass is 215 g/mol. The lowest BCUT2D eigenvalue weighted by Gasteiger charge is -2.04. The fourth-order valence-corrected chi connectivity index (χ4v) is 0.892. The predicted molar refractivity (Wildman–Crippen MR) is 43.3 cm³/mol. The molecule has 2 N–H and O–H groups in total. The van der Waals surface area contributed by atoms with Crippen molar-refractivity contribution in [3.63, 3.8) is 0 Å². The Bertz CT molecular complexity index is 281. The van der Waals surface area contributed by atoms with Crippen molar-refractivity contribution in [3.05, 3.63) is 17.5 Å². The summed E-state index contributed by atoms with van der Waals surface area (Å²) in [6, 6.07) is 0.944. The molecule has 0 atom stereocenters. The lowest BCUT2D eigenvalue weighted by atomic mass is 10.3. The van der Waals surface area contributed by atoms with Crippen molar-refractivity contribution in [1.29, 1.82) is 0 Å². The summed E-state index contributed by atoms with van der Waals surface area (Å²) in [6.45, 7) is 0.0178. The van der Waals surface area contributed by atoms with E-state index in [1.54, 1.807) is 0 Å². The number of aromatic nitrogens is 2. The average molecular weight is 216 g/mol. The number of nitrogens with zero attached hydrogens (tertiary/aromatic N) is 2. The van der Waals surface area contributed by atoms with Crippen LogP contribution >= 0.6 is 12.4 Å². The SMILES string of the molecule is Cl.Cn1nc(CN)cc1C(F)(F)F. The third-order valence-corrected chi connectivity index (χ3v) is 1.43. The van der Waals surface area contributed by atoms with E-state index < -0.39 is 11.9 Å². The molecule has 0 aliphatic carbocycles. The summed E-state index contributed by atoms with van der Waals surface area (Å²) >= 11 is 0. The summed E-state index contributed by atoms with van der Waals surface area (Å²) in [6.07, 6.45) is -4.35. The van der Waals surface area contributed by atoms with Crippen LogP contribution in [0.3, 0.4) is 0 Å². The molecule has 0 amide bonds. The molecule has 0 spiro atoms. The van der Waals surface area contributed by atoms with Crippen molar-refractivity contribution < 1.29 is 13.2 Å². The van der Waals surface area contributed by atoms with Crippen LogP contribution in [0.1, 0.15) is 11.4 Å². The van der Waals surface area contributed by atoms with Crippen LogP contribution in [0.5, 0.6) is 0 Å². The Morgan fingerprint density at radius 3 is 2.31 bits per heavy atom. The molecule has 7 heteroatoms. The molecular formula is C6H9ClF3N3. The predicted octanol–water partition coefficient (Wildman–Crippen LogP) is 1.32. The zero-order chi connectivity index (χ0) is 9.35. The zero-order valence-corrected chi connectivity index (χ0v) is 7.61. The van der Waals surface area contributed by atoms with E-state index >= 15 is 0 Å². The summed E-state index contributed by atoms with van der Waals surface area (Å²) < 4.78 is 37.1. The summed E-state index contributed by atoms with van der Waals surface area (Å²) in [5, 5.41) is 3.57. The molecule has 1 aromatic rings. The maximum atomic E-state index is 12.1. The van der Waals surface area contributed by atoms with E-state index in [0.29, 0.717) is 0 Å². The average Bonchev–Trinajstić information content (AvgIpc) is 2.29. The number of aryl methyl sites for hydroxylation is 1. The first kappa shape index (κ1) is 12.2. The summed E-state index contributed by atoms with van der Waals surface area (Å²) in [7, 11) is 1.24. The highest BCUT2D eigenvalue weighted by Crippen LogP contribution is 2.28. The van der Waals surface area contributed by atoms with Crippen LogP contribution in [0.2, 0.25) is 0 Å². The first-order valence-electron chi connectivity index (χ1n) is 3.25. The number of halogens is 4. The third kappa shape index (κ3) is 2.60. The summed E-state index contributed by atoms with van der Waals surface area (Å²) in [5.41, 5.74) is 4.60. The quantitative estimate of drug-likeness (QED) is 0.768. The van der Waals surface area contributed by atoms with Crippen LogP contribution in [0.4, 0.5) is 13.2 Å². The van der Waals surface area contributed by atoms with Gasteiger partial charge >= 0.3 is 6.18 Å². The molecule has 1 rings (SSSR count). The minimum Gasteiger partial charge on any atom is -0.325 e. The van der Waals surface area contributed by atoms with Crippen molar-refractivity contribution >= 4 is 12.4 Å². The van der Waals surface area contributed by atoms with Gasteiger partial charge in [0.2, 0.25) is 0 Å². The van der Waals surface area contributed by atoms with Crippen molar-refractivity contribution in [2.75, 3.05) is 0 Å². The number of hydrogen-bond donors (Lipinski definition) is 1. The molecule has 0 aromatic carbocycles. The molecule has 1 heterocycles. The van der Waals surface area contributed by atoms with Crippen LogP contribution in [-0.4, -0.2) is 9.78 Å². The van der Waals surface area contributed by atoms with Crippen LogP contribution in [0.15, 0.2) is 6.07 Å². The first-order chi connectivity index (χ1) is 5.45. The maximum absolute atomic E-state index is 12.1. The highest BCUT2D eigenvalue weighted by atomic mass is 35.5. The second-order valence-electron chi connectivity index (χ2n) is 2.35. The Morgan fingerprint density at radius 2 is 2.08 bits per heavy atom. The fourth-order valence-electron chi connectivity index (χ4n) is 0.892. The van der Waals surface area contributed by atoms with E-state index in [1.165, 1.54) is 7.05 Å². The molecule has 0 saturated carbocycles. The molecule has 1 aromatic heterocycles. The second-order valence-corrected chi connectivity index (χ2v) is 2.35. The molecule has 0 aliphatic heterocycles. The highest BCUT2D eigenvalue weighted by Gasteiger charge is 2.34. The van der Waals surface area contributed by atoms with Gasteiger partial charge in [-0.1, -0.05) is 0 Å². The van der Waals surface area contributed by atoms with Crippen LogP contribution < -0.4 is 5.73 Å². The van der Waals surface area contributed by atoms with Crippen LogP contribution in [-0.2, 0) is 19.8 Å². The Labute approximate surface area is 79.1 Å². The number of alkyl halides is 3. The van der Waals surface area contributed by atoms with Gasteiger partial charge in [0.1, 0.15) is 5.69 Å². The molecule has 0 radical (unpaired) electrons. The smallest absolute Gasteiger partial charge is 0.325 e. The molecule has 0 saturated heterocycles. The number of rotatable bonds is 1. The van der Waals surface area contributed by atoms with Gasteiger partial charge in [0.15, 0.2) is 0 Å². The maximum Gasteiger partial charge on any atom is 0.433 e. The number of hydrogen-bond acceptors (Lipinski definition) is 2. The Balaban J connectivity index is 0.00000144. The Morgan fingerprint density at radius 1 is 1.54 bits per heavy atom. The van der Waals surface area contributed by atoms with Gasteiger partial charge < -0.3 is 5.73 Å². The van der Waals surface area contributed by atoms with E-state index in [4.69, 9.17) is 5.73 Å². The highest BCUT2D eigenvalue weighted by molar-refractivity contribution is 5.85. The molecule has 0 bridgehead atoms. The van der Waals surface area contributed by atoms with E-state index in [-0.39, 0.29) is 24.6 Å². The molecule has 13 heavy (non-hydrogen) atoms. The molecule has 76 valence electrons. The standard InChI is InChI=1S/C6H8F3N3.ClH/c1-12-5(6(7,8)9)2-4(3-10)11-12;/h2H,3,10H2,1H3;1H. The van der Waals surface area contributed by atoms with E-state index in [1.807, 2.05) is 0 Å². The first-order valence-corrected chi connectivity index (χ1v) is 3.25. The minimum absolute atomic E-state index is 0. The number of nitrogens with two attached hydrogens (primary N) is 1. The van der Waals surface area contributed by atoms with E-state index in [0.717, 1.165) is 10.7 Å². The summed E-state index contributed by atoms with van der Waals surface area (Å²) in [4.78, 5) is 0. The van der Waals surface area contributed by atoms with Gasteiger partial charge in [-0.25, -0.2) is 0 Å². The molecule has 0 fully saturated rings. The molecule has 0 aliphatic rings. The van der Waals surface area contributed by atoms with Gasteiger partial charge in [-0.05, 0) is 6.07 Å². The van der Waals surface area contributed by atoms with E-state index in [2.05, 4.69) is 5.10 Å². The van der Waals surface area contributed by atoms with Gasteiger partial charge in [0.05, 0.1) is 5.69 Å². The third-order valence-electron chi connectivity index (χ3n) is 1.43. The Kier molecular flexibility index (Phi) is 3.74. The van der Waals surface area contributed by atoms with Crippen molar-refractivity contribution in [1.82, 2.24) is 9.78 Å². The topological polar surface area (TPSA) is 43.8 Å². The largest absolute Gasteiger partial charge is 0.433 e. The van der Waals surface area contributed by atoms with Crippen molar-refractivity contribution in [3.8, 4) is 0 Å². The minimum atomic E-state index is -4.35. The van der Waals surface area contributed by atoms with E-state index in [9.17, 15) is 13.2 Å². The Hall–Kier alpha value is -0.750. The van der Waals surface area contributed by atoms with Gasteiger partial charge in [-0.3, -0.25) is 4.68 Å². The lowest BCUT2D eigenvalue weighted by molar-refractivity contribution is -0.143. The van der Waals surface area contributed by atoms with Gasteiger partial charge in [0, 0.05) is 13.6 Å².